The van der Waals surface area contributed by atoms with Gasteiger partial charge in [0.2, 0.25) is 0 Å². The van der Waals surface area contributed by atoms with E-state index in [0.717, 1.165) is 51.6 Å². The van der Waals surface area contributed by atoms with E-state index in [2.05, 4.69) is 106 Å². The molecule has 0 fully saturated rings. The molecular formula is C31H44O2Si. The fourth-order valence-electron chi connectivity index (χ4n) is 4.47. The number of allylic oxidation sites excluding steroid dienone is 2. The summed E-state index contributed by atoms with van der Waals surface area (Å²) in [6, 6.07) is 21.7. The third kappa shape index (κ3) is 8.58. The number of benzene rings is 2. The molecule has 3 heteroatoms. The molecule has 2 aromatic carbocycles. The van der Waals surface area contributed by atoms with Gasteiger partial charge in [-0.3, -0.25) is 0 Å². The van der Waals surface area contributed by atoms with Gasteiger partial charge in [0.1, 0.15) is 6.10 Å². The van der Waals surface area contributed by atoms with Crippen molar-refractivity contribution in [2.24, 2.45) is 0 Å². The maximum atomic E-state index is 9.85. The molecule has 1 atom stereocenters. The van der Waals surface area contributed by atoms with Gasteiger partial charge < -0.3 is 9.53 Å². The highest BCUT2D eigenvalue weighted by molar-refractivity contribution is 6.99. The second-order valence-electron chi connectivity index (χ2n) is 10.1. The van der Waals surface area contributed by atoms with Crippen LogP contribution >= 0.6 is 0 Å². The van der Waals surface area contributed by atoms with E-state index in [1.807, 2.05) is 6.08 Å². The van der Waals surface area contributed by atoms with Gasteiger partial charge in [-0.1, -0.05) is 126 Å². The van der Waals surface area contributed by atoms with Gasteiger partial charge in [0.05, 0.1) is 0 Å². The SMILES string of the molecule is CCCCC[C@@H](O)C#C/C=C\CCCCCO[Si](c1ccccc1)(c1ccccc1)C(C)(C)C. The summed E-state index contributed by atoms with van der Waals surface area (Å²) in [7, 11) is -2.41. The predicted octanol–water partition coefficient (Wildman–Crippen LogP) is 6.62. The number of aliphatic hydroxyl groups is 1. The molecule has 0 aliphatic rings. The van der Waals surface area contributed by atoms with E-state index < -0.39 is 14.4 Å². The molecule has 184 valence electrons. The summed E-state index contributed by atoms with van der Waals surface area (Å²) in [4.78, 5) is 0. The summed E-state index contributed by atoms with van der Waals surface area (Å²) in [5.74, 6) is 5.91. The topological polar surface area (TPSA) is 29.5 Å². The minimum absolute atomic E-state index is 0.0260. The van der Waals surface area contributed by atoms with Gasteiger partial charge in [0.25, 0.3) is 8.32 Å². The van der Waals surface area contributed by atoms with Crippen molar-refractivity contribution in [2.45, 2.75) is 90.2 Å². The average molecular weight is 477 g/mol. The lowest BCUT2D eigenvalue weighted by Gasteiger charge is -2.43. The number of hydrogen-bond acceptors (Lipinski definition) is 2. The third-order valence-electron chi connectivity index (χ3n) is 6.28. The Labute approximate surface area is 209 Å². The summed E-state index contributed by atoms with van der Waals surface area (Å²) >= 11 is 0. The summed E-state index contributed by atoms with van der Waals surface area (Å²) in [5, 5.41) is 12.6. The Morgan fingerprint density at radius 1 is 0.882 bits per heavy atom. The Kier molecular flexibility index (Phi) is 12.4. The Hall–Kier alpha value is -2.12. The lowest BCUT2D eigenvalue weighted by molar-refractivity contribution is 0.217. The first-order valence-corrected chi connectivity index (χ1v) is 14.9. The lowest BCUT2D eigenvalue weighted by Crippen LogP contribution is -2.66. The molecule has 0 aliphatic carbocycles. The van der Waals surface area contributed by atoms with E-state index in [0.29, 0.717) is 0 Å². The fourth-order valence-corrected chi connectivity index (χ4v) is 9.08. The van der Waals surface area contributed by atoms with Crippen molar-refractivity contribution in [3.05, 3.63) is 72.8 Å². The van der Waals surface area contributed by atoms with Crippen LogP contribution in [0.2, 0.25) is 5.04 Å². The molecule has 0 saturated heterocycles. The molecule has 0 amide bonds. The van der Waals surface area contributed by atoms with E-state index in [1.54, 1.807) is 0 Å². The molecule has 0 bridgehead atoms. The number of rotatable bonds is 13. The molecule has 1 N–H and O–H groups in total. The predicted molar refractivity (Wildman–Crippen MR) is 149 cm³/mol. The zero-order valence-corrected chi connectivity index (χ0v) is 22.7. The Morgan fingerprint density at radius 2 is 1.50 bits per heavy atom. The summed E-state index contributed by atoms with van der Waals surface area (Å²) in [6.07, 6.45) is 12.0. The van der Waals surface area contributed by atoms with E-state index in [-0.39, 0.29) is 5.04 Å². The van der Waals surface area contributed by atoms with Crippen molar-refractivity contribution < 1.29 is 9.53 Å². The molecule has 0 heterocycles. The molecule has 0 aromatic heterocycles. The van der Waals surface area contributed by atoms with Gasteiger partial charge in [-0.05, 0) is 53.6 Å². The maximum absolute atomic E-state index is 9.85. The summed E-state index contributed by atoms with van der Waals surface area (Å²) < 4.78 is 6.95. The van der Waals surface area contributed by atoms with Crippen molar-refractivity contribution >= 4 is 18.7 Å². The highest BCUT2D eigenvalue weighted by atomic mass is 28.4. The summed E-state index contributed by atoms with van der Waals surface area (Å²) in [6.45, 7) is 9.92. The van der Waals surface area contributed by atoms with Crippen molar-refractivity contribution in [1.82, 2.24) is 0 Å². The van der Waals surface area contributed by atoms with Gasteiger partial charge >= 0.3 is 0 Å². The van der Waals surface area contributed by atoms with Crippen LogP contribution in [0.3, 0.4) is 0 Å². The van der Waals surface area contributed by atoms with Crippen LogP contribution in [-0.2, 0) is 4.43 Å². The second kappa shape index (κ2) is 15.0. The summed E-state index contributed by atoms with van der Waals surface area (Å²) in [5.41, 5.74) is 0. The van der Waals surface area contributed by atoms with Crippen LogP contribution in [0, 0.1) is 11.8 Å². The highest BCUT2D eigenvalue weighted by Gasteiger charge is 2.49. The molecule has 2 aromatic rings. The molecule has 2 rings (SSSR count). The lowest BCUT2D eigenvalue weighted by atomic mass is 10.1. The van der Waals surface area contributed by atoms with Gasteiger partial charge in [-0.15, -0.1) is 0 Å². The largest absolute Gasteiger partial charge is 0.407 e. The van der Waals surface area contributed by atoms with E-state index in [4.69, 9.17) is 4.43 Å². The quantitative estimate of drug-likeness (QED) is 0.200. The molecule has 0 aliphatic heterocycles. The van der Waals surface area contributed by atoms with E-state index in [1.165, 1.54) is 16.8 Å². The van der Waals surface area contributed by atoms with Crippen LogP contribution in [0.15, 0.2) is 72.8 Å². The molecular weight excluding hydrogens is 432 g/mol. The highest BCUT2D eigenvalue weighted by Crippen LogP contribution is 2.36. The minimum atomic E-state index is -2.41. The fraction of sp³-hybridized carbons (Fsp3) is 0.484. The van der Waals surface area contributed by atoms with Crippen molar-refractivity contribution in [3.8, 4) is 11.8 Å². The minimum Gasteiger partial charge on any atom is -0.407 e. The first-order chi connectivity index (χ1) is 16.4. The normalized spacial score (nSPS) is 13.0. The smallest absolute Gasteiger partial charge is 0.261 e. The molecule has 0 unspecified atom stereocenters. The van der Waals surface area contributed by atoms with Crippen LogP contribution in [-0.4, -0.2) is 26.1 Å². The second-order valence-corrected chi connectivity index (χ2v) is 14.4. The van der Waals surface area contributed by atoms with Crippen LogP contribution in [0.1, 0.15) is 79.1 Å². The number of unbranched alkanes of at least 4 members (excludes halogenated alkanes) is 5. The van der Waals surface area contributed by atoms with Crippen molar-refractivity contribution in [3.63, 3.8) is 0 Å². The number of aliphatic hydroxyl groups excluding tert-OH is 1. The Bertz CT molecular complexity index is 848. The first kappa shape index (κ1) is 28.1. The van der Waals surface area contributed by atoms with Crippen molar-refractivity contribution in [2.75, 3.05) is 6.61 Å². The van der Waals surface area contributed by atoms with Crippen LogP contribution < -0.4 is 10.4 Å². The van der Waals surface area contributed by atoms with Gasteiger partial charge in [0, 0.05) is 6.61 Å². The van der Waals surface area contributed by atoms with E-state index >= 15 is 0 Å². The van der Waals surface area contributed by atoms with Crippen LogP contribution in [0.25, 0.3) is 0 Å². The van der Waals surface area contributed by atoms with Crippen molar-refractivity contribution in [1.29, 1.82) is 0 Å². The monoisotopic (exact) mass is 476 g/mol. The Morgan fingerprint density at radius 3 is 2.06 bits per heavy atom. The van der Waals surface area contributed by atoms with Gasteiger partial charge in [0.15, 0.2) is 0 Å². The maximum Gasteiger partial charge on any atom is 0.261 e. The Balaban J connectivity index is 1.88. The van der Waals surface area contributed by atoms with E-state index in [9.17, 15) is 5.11 Å². The molecule has 0 spiro atoms. The van der Waals surface area contributed by atoms with Crippen LogP contribution in [0.4, 0.5) is 0 Å². The van der Waals surface area contributed by atoms with Crippen LogP contribution in [0.5, 0.6) is 0 Å². The molecule has 0 saturated carbocycles. The van der Waals surface area contributed by atoms with Gasteiger partial charge in [-0.2, -0.15) is 0 Å². The standard InChI is InChI=1S/C31H44O2Si/c1-5-6-14-21-28(32)22-15-10-8-7-9-11-20-27-33-34(31(2,3)4,29-23-16-12-17-24-29)30-25-18-13-19-26-30/h8,10,12-13,16-19,23-26,28,32H,5-7,9,11,14,20-21,27H2,1-4H3/b10-8-/t28-/m1/s1. The molecule has 2 nitrogen and oxygen atoms in total. The first-order valence-electron chi connectivity index (χ1n) is 13.0. The van der Waals surface area contributed by atoms with Gasteiger partial charge in [-0.25, -0.2) is 0 Å². The molecule has 0 radical (unpaired) electrons. The number of hydrogen-bond donors (Lipinski definition) is 1. The zero-order valence-electron chi connectivity index (χ0n) is 21.7. The molecule has 34 heavy (non-hydrogen) atoms. The zero-order chi connectivity index (χ0) is 24.7. The average Bonchev–Trinajstić information content (AvgIpc) is 2.83. The third-order valence-corrected chi connectivity index (χ3v) is 11.3.